The van der Waals surface area contributed by atoms with E-state index in [1.54, 1.807) is 4.57 Å². The van der Waals surface area contributed by atoms with Crippen molar-refractivity contribution < 1.29 is 14.3 Å². The van der Waals surface area contributed by atoms with E-state index in [9.17, 15) is 9.59 Å². The first-order valence-corrected chi connectivity index (χ1v) is 10.3. The molecule has 4 rings (SSSR count). The van der Waals surface area contributed by atoms with E-state index in [1.165, 1.54) is 18.3 Å². The van der Waals surface area contributed by atoms with Gasteiger partial charge in [0, 0.05) is 30.4 Å². The predicted octanol–water partition coefficient (Wildman–Crippen LogP) is 4.16. The first-order valence-electron chi connectivity index (χ1n) is 9.10. The number of hydrogen-bond donors (Lipinski definition) is 2. The Hall–Kier alpha value is -2.97. The quantitative estimate of drug-likeness (QED) is 0.359. The van der Waals surface area contributed by atoms with Crippen LogP contribution in [0.1, 0.15) is 12.5 Å². The number of esters is 1. The van der Waals surface area contributed by atoms with Crippen LogP contribution in [0.15, 0.2) is 54.7 Å². The molecule has 0 saturated carbocycles. The molecule has 2 heterocycles. The van der Waals surface area contributed by atoms with Crippen LogP contribution in [-0.2, 0) is 27.5 Å². The van der Waals surface area contributed by atoms with Crippen LogP contribution in [0.5, 0.6) is 0 Å². The van der Waals surface area contributed by atoms with E-state index in [0.29, 0.717) is 10.4 Å². The Balaban J connectivity index is 1.53. The van der Waals surface area contributed by atoms with Gasteiger partial charge >= 0.3 is 5.97 Å². The van der Waals surface area contributed by atoms with Gasteiger partial charge in [0.1, 0.15) is 6.04 Å². The van der Waals surface area contributed by atoms with Crippen molar-refractivity contribution in [1.82, 2.24) is 14.9 Å². The van der Waals surface area contributed by atoms with Crippen molar-refractivity contribution in [3.8, 4) is 0 Å². The Kier molecular flexibility index (Phi) is 5.46. The maximum atomic E-state index is 12.8. The van der Waals surface area contributed by atoms with Crippen LogP contribution in [0.25, 0.3) is 21.1 Å². The maximum absolute atomic E-state index is 12.8. The summed E-state index contributed by atoms with van der Waals surface area (Å²) < 4.78 is 8.98. The molecule has 1 amide bonds. The molecule has 0 aliphatic carbocycles. The lowest BCUT2D eigenvalue weighted by Crippen LogP contribution is -2.42. The molecule has 0 aliphatic rings. The van der Waals surface area contributed by atoms with Gasteiger partial charge in [-0.25, -0.2) is 4.79 Å². The van der Waals surface area contributed by atoms with Gasteiger partial charge in [0.2, 0.25) is 5.91 Å². The van der Waals surface area contributed by atoms with Crippen LogP contribution in [0.4, 0.5) is 0 Å². The van der Waals surface area contributed by atoms with Crippen LogP contribution >= 0.6 is 23.6 Å². The van der Waals surface area contributed by atoms with Crippen molar-refractivity contribution in [1.29, 1.82) is 0 Å². The third-order valence-electron chi connectivity index (χ3n) is 4.67. The van der Waals surface area contributed by atoms with Crippen LogP contribution in [0.2, 0.25) is 0 Å². The SMILES string of the molecule is CC(=O)NC(Cc1c[nH]c2ccccc12)C(=O)OCn1c(=S)sc2ccccc21. The summed E-state index contributed by atoms with van der Waals surface area (Å²) in [4.78, 5) is 27.6. The Morgan fingerprint density at radius 2 is 1.97 bits per heavy atom. The van der Waals surface area contributed by atoms with E-state index >= 15 is 0 Å². The molecule has 29 heavy (non-hydrogen) atoms. The lowest BCUT2D eigenvalue weighted by atomic mass is 10.0. The largest absolute Gasteiger partial charge is 0.442 e. The summed E-state index contributed by atoms with van der Waals surface area (Å²) in [5, 5.41) is 3.72. The van der Waals surface area contributed by atoms with E-state index in [4.69, 9.17) is 17.0 Å². The summed E-state index contributed by atoms with van der Waals surface area (Å²) in [6.07, 6.45) is 2.19. The van der Waals surface area contributed by atoms with E-state index < -0.39 is 12.0 Å². The van der Waals surface area contributed by atoms with Gasteiger partial charge in [-0.3, -0.25) is 9.36 Å². The second kappa shape index (κ2) is 8.18. The Bertz CT molecular complexity index is 1250. The van der Waals surface area contributed by atoms with Crippen molar-refractivity contribution >= 4 is 56.6 Å². The molecule has 0 spiro atoms. The first-order chi connectivity index (χ1) is 14.0. The zero-order valence-electron chi connectivity index (χ0n) is 15.7. The molecule has 0 aliphatic heterocycles. The Labute approximate surface area is 176 Å². The number of hydrogen-bond acceptors (Lipinski definition) is 5. The summed E-state index contributed by atoms with van der Waals surface area (Å²) in [6, 6.07) is 14.8. The van der Waals surface area contributed by atoms with Crippen molar-refractivity contribution in [3.63, 3.8) is 0 Å². The number of para-hydroxylation sites is 2. The normalized spacial score (nSPS) is 12.2. The van der Waals surface area contributed by atoms with Crippen LogP contribution < -0.4 is 5.32 Å². The van der Waals surface area contributed by atoms with E-state index in [1.807, 2.05) is 54.7 Å². The van der Waals surface area contributed by atoms with Crippen molar-refractivity contribution in [2.75, 3.05) is 0 Å². The van der Waals surface area contributed by atoms with E-state index in [2.05, 4.69) is 10.3 Å². The summed E-state index contributed by atoms with van der Waals surface area (Å²) in [6.45, 7) is 1.39. The second-order valence-corrected chi connectivity index (χ2v) is 8.35. The van der Waals surface area contributed by atoms with Crippen molar-refractivity contribution in [3.05, 3.63) is 64.2 Å². The number of nitrogens with zero attached hydrogens (tertiary/aromatic N) is 1. The van der Waals surface area contributed by atoms with Crippen LogP contribution in [0, 0.1) is 3.95 Å². The minimum Gasteiger partial charge on any atom is -0.442 e. The molecule has 6 nitrogen and oxygen atoms in total. The highest BCUT2D eigenvalue weighted by Crippen LogP contribution is 2.23. The minimum absolute atomic E-state index is 0.00560. The number of benzene rings is 2. The van der Waals surface area contributed by atoms with Gasteiger partial charge in [0.15, 0.2) is 10.7 Å². The minimum atomic E-state index is -0.786. The molecule has 0 radical (unpaired) electrons. The number of carbonyl (C=O) groups excluding carboxylic acids is 2. The Morgan fingerprint density at radius 1 is 1.21 bits per heavy atom. The average Bonchev–Trinajstić information content (AvgIpc) is 3.25. The van der Waals surface area contributed by atoms with Gasteiger partial charge in [0.05, 0.1) is 10.2 Å². The average molecular weight is 426 g/mol. The molecule has 148 valence electrons. The third-order valence-corrected chi connectivity index (χ3v) is 6.10. The lowest BCUT2D eigenvalue weighted by Gasteiger charge is -2.17. The molecular formula is C21H19N3O3S2. The van der Waals surface area contributed by atoms with Crippen molar-refractivity contribution in [2.24, 2.45) is 0 Å². The lowest BCUT2D eigenvalue weighted by molar-refractivity contribution is -0.151. The second-order valence-electron chi connectivity index (χ2n) is 6.67. The van der Waals surface area contributed by atoms with Crippen LogP contribution in [-0.4, -0.2) is 27.5 Å². The predicted molar refractivity (Wildman–Crippen MR) is 116 cm³/mol. The molecule has 2 N–H and O–H groups in total. The molecule has 2 aromatic heterocycles. The number of carbonyl (C=O) groups is 2. The summed E-state index contributed by atoms with van der Waals surface area (Å²) >= 11 is 6.87. The fourth-order valence-corrected chi connectivity index (χ4v) is 4.62. The zero-order chi connectivity index (χ0) is 20.4. The maximum Gasteiger partial charge on any atom is 0.330 e. The third kappa shape index (κ3) is 4.08. The standard InChI is InChI=1S/C21H19N3O3S2/c1-13(25)23-17(10-14-11-22-16-7-3-2-6-15(14)16)20(26)27-12-24-18-8-4-5-9-19(18)29-21(24)28/h2-9,11,17,22H,10,12H2,1H3,(H,23,25). The zero-order valence-corrected chi connectivity index (χ0v) is 17.3. The summed E-state index contributed by atoms with van der Waals surface area (Å²) in [7, 11) is 0. The number of H-pyrrole nitrogens is 1. The Morgan fingerprint density at radius 3 is 2.79 bits per heavy atom. The highest BCUT2D eigenvalue weighted by molar-refractivity contribution is 7.73. The van der Waals surface area contributed by atoms with Gasteiger partial charge in [-0.2, -0.15) is 0 Å². The highest BCUT2D eigenvalue weighted by atomic mass is 32.1. The molecule has 0 saturated heterocycles. The van der Waals surface area contributed by atoms with Gasteiger partial charge in [0.25, 0.3) is 0 Å². The van der Waals surface area contributed by atoms with Gasteiger partial charge in [-0.1, -0.05) is 30.3 Å². The number of fused-ring (bicyclic) bond motifs is 2. The van der Waals surface area contributed by atoms with Crippen LogP contribution in [0.3, 0.4) is 0 Å². The molecular weight excluding hydrogens is 406 g/mol. The number of aromatic nitrogens is 2. The number of rotatable bonds is 6. The topological polar surface area (TPSA) is 76.1 Å². The number of nitrogens with one attached hydrogen (secondary N) is 2. The highest BCUT2D eigenvalue weighted by Gasteiger charge is 2.23. The van der Waals surface area contributed by atoms with Gasteiger partial charge in [-0.15, -0.1) is 11.3 Å². The smallest absolute Gasteiger partial charge is 0.330 e. The molecule has 8 heteroatoms. The van der Waals surface area contributed by atoms with Gasteiger partial charge < -0.3 is 15.0 Å². The fourth-order valence-electron chi connectivity index (χ4n) is 3.32. The fraction of sp³-hybridized carbons (Fsp3) is 0.190. The van der Waals surface area contributed by atoms with E-state index in [-0.39, 0.29) is 12.6 Å². The molecule has 0 bridgehead atoms. The molecule has 1 atom stereocenters. The molecule has 4 aromatic rings. The first kappa shape index (κ1) is 19.4. The molecule has 2 aromatic carbocycles. The number of amides is 1. The van der Waals surface area contributed by atoms with Gasteiger partial charge in [-0.05, 0) is 36.0 Å². The van der Waals surface area contributed by atoms with E-state index in [0.717, 1.165) is 26.7 Å². The molecule has 0 fully saturated rings. The summed E-state index contributed by atoms with van der Waals surface area (Å²) in [5.74, 6) is -0.785. The molecule has 1 unspecified atom stereocenters. The van der Waals surface area contributed by atoms with Crippen molar-refractivity contribution in [2.45, 2.75) is 26.1 Å². The number of ether oxygens (including phenoxy) is 1. The number of thiazole rings is 1. The summed E-state index contributed by atoms with van der Waals surface area (Å²) in [5.41, 5.74) is 2.84. The monoisotopic (exact) mass is 425 g/mol. The number of aromatic amines is 1.